The van der Waals surface area contributed by atoms with E-state index in [2.05, 4.69) is 32.3 Å². The van der Waals surface area contributed by atoms with Crippen molar-refractivity contribution < 1.29 is 22.8 Å². The summed E-state index contributed by atoms with van der Waals surface area (Å²) in [6, 6.07) is 6.89. The molecule has 0 radical (unpaired) electrons. The van der Waals surface area contributed by atoms with Gasteiger partial charge in [0.15, 0.2) is 5.11 Å². The van der Waals surface area contributed by atoms with Gasteiger partial charge in [0.1, 0.15) is 11.7 Å². The number of benzene rings is 1. The molecule has 212 valence electrons. The van der Waals surface area contributed by atoms with Gasteiger partial charge in [-0.2, -0.15) is 13.2 Å². The first-order valence-corrected chi connectivity index (χ1v) is 13.6. The number of hydrogen-bond acceptors (Lipinski definition) is 7. The molecule has 0 spiro atoms. The van der Waals surface area contributed by atoms with E-state index < -0.39 is 22.4 Å². The number of halogens is 3. The van der Waals surface area contributed by atoms with Crippen molar-refractivity contribution in [2.45, 2.75) is 57.3 Å². The molecule has 1 aromatic carbocycles. The number of alkyl halides is 3. The van der Waals surface area contributed by atoms with Gasteiger partial charge >= 0.3 is 6.18 Å². The van der Waals surface area contributed by atoms with Crippen LogP contribution in [-0.2, 0) is 6.18 Å². The van der Waals surface area contributed by atoms with Crippen molar-refractivity contribution in [1.82, 2.24) is 15.2 Å². The summed E-state index contributed by atoms with van der Waals surface area (Å²) in [6.45, 7) is 6.34. The zero-order valence-electron chi connectivity index (χ0n) is 21.7. The lowest BCUT2D eigenvalue weighted by molar-refractivity contribution is -0.388. The van der Waals surface area contributed by atoms with Gasteiger partial charge in [0.25, 0.3) is 5.69 Å². The first-order chi connectivity index (χ1) is 18.6. The summed E-state index contributed by atoms with van der Waals surface area (Å²) in [5.74, 6) is 0.552. The van der Waals surface area contributed by atoms with Crippen LogP contribution in [0, 0.1) is 10.1 Å². The minimum Gasteiger partial charge on any atom is -0.474 e. The minimum atomic E-state index is -4.81. The fourth-order valence-corrected chi connectivity index (χ4v) is 5.20. The Morgan fingerprint density at radius 3 is 2.51 bits per heavy atom. The van der Waals surface area contributed by atoms with Crippen LogP contribution in [0.4, 0.5) is 30.2 Å². The third-order valence-electron chi connectivity index (χ3n) is 7.01. The molecule has 9 nitrogen and oxygen atoms in total. The van der Waals surface area contributed by atoms with Gasteiger partial charge in [-0.05, 0) is 62.5 Å². The smallest absolute Gasteiger partial charge is 0.423 e. The fourth-order valence-electron chi connectivity index (χ4n) is 4.92. The van der Waals surface area contributed by atoms with E-state index in [9.17, 15) is 23.3 Å². The lowest BCUT2D eigenvalue weighted by Crippen LogP contribution is -2.51. The monoisotopic (exact) mass is 566 g/mol. The number of ether oxygens (including phenoxy) is 1. The molecule has 1 saturated carbocycles. The number of thiocarbonyl (C=S) groups is 1. The van der Waals surface area contributed by atoms with Gasteiger partial charge in [0, 0.05) is 68.5 Å². The van der Waals surface area contributed by atoms with Gasteiger partial charge in [-0.1, -0.05) is 6.92 Å². The molecule has 1 aliphatic heterocycles. The topological polar surface area (TPSA) is 95.8 Å². The second kappa shape index (κ2) is 12.7. The normalized spacial score (nSPS) is 19.9. The van der Waals surface area contributed by atoms with Crippen LogP contribution >= 0.6 is 12.2 Å². The number of piperazine rings is 1. The number of pyridine rings is 1. The summed E-state index contributed by atoms with van der Waals surface area (Å²) in [4.78, 5) is 18.8. The molecule has 2 fully saturated rings. The zero-order valence-corrected chi connectivity index (χ0v) is 22.6. The molecule has 2 N–H and O–H groups in total. The van der Waals surface area contributed by atoms with Gasteiger partial charge in [-0.3, -0.25) is 10.1 Å². The van der Waals surface area contributed by atoms with E-state index >= 15 is 0 Å². The SMILES string of the molecule is CCCNC(=S)N1CCN(c2ccnc(OC3CCC(Nc4ccc([N+](=O)[O-])c(C(F)(F)F)c4)CC3)c2)CC1. The molecule has 0 amide bonds. The predicted octanol–water partition coefficient (Wildman–Crippen LogP) is 5.22. The Morgan fingerprint density at radius 2 is 1.87 bits per heavy atom. The van der Waals surface area contributed by atoms with E-state index in [0.717, 1.165) is 62.1 Å². The van der Waals surface area contributed by atoms with Crippen molar-refractivity contribution >= 4 is 34.4 Å². The largest absolute Gasteiger partial charge is 0.474 e. The molecule has 1 aromatic heterocycles. The molecule has 1 aliphatic carbocycles. The number of aromatic nitrogens is 1. The number of nitro benzene ring substituents is 1. The minimum absolute atomic E-state index is 0.0488. The van der Waals surface area contributed by atoms with Crippen molar-refractivity contribution in [2.24, 2.45) is 0 Å². The third-order valence-corrected chi connectivity index (χ3v) is 7.41. The fraction of sp³-hybridized carbons (Fsp3) is 0.538. The highest BCUT2D eigenvalue weighted by molar-refractivity contribution is 7.80. The summed E-state index contributed by atoms with van der Waals surface area (Å²) in [7, 11) is 0. The Bertz CT molecular complexity index is 1150. The van der Waals surface area contributed by atoms with E-state index in [0.29, 0.717) is 31.6 Å². The molecule has 1 saturated heterocycles. The Kier molecular flexibility index (Phi) is 9.31. The van der Waals surface area contributed by atoms with Gasteiger partial charge in [-0.15, -0.1) is 0 Å². The van der Waals surface area contributed by atoms with E-state index in [1.807, 2.05) is 12.1 Å². The van der Waals surface area contributed by atoms with Gasteiger partial charge in [0.05, 0.1) is 4.92 Å². The van der Waals surface area contributed by atoms with Crippen LogP contribution in [0.3, 0.4) is 0 Å². The molecule has 2 aromatic rings. The number of nitrogens with one attached hydrogen (secondary N) is 2. The first kappa shape index (κ1) is 28.7. The van der Waals surface area contributed by atoms with Crippen molar-refractivity contribution in [3.05, 3.63) is 52.2 Å². The van der Waals surface area contributed by atoms with Crippen LogP contribution in [0.1, 0.15) is 44.6 Å². The van der Waals surface area contributed by atoms with Crippen LogP contribution in [0.2, 0.25) is 0 Å². The van der Waals surface area contributed by atoms with Crippen LogP contribution in [0.25, 0.3) is 0 Å². The van der Waals surface area contributed by atoms with Crippen molar-refractivity contribution in [2.75, 3.05) is 42.9 Å². The van der Waals surface area contributed by atoms with E-state index in [1.165, 1.54) is 6.07 Å². The van der Waals surface area contributed by atoms with Crippen molar-refractivity contribution in [3.8, 4) is 5.88 Å². The Morgan fingerprint density at radius 1 is 1.15 bits per heavy atom. The number of rotatable bonds is 8. The molecule has 0 bridgehead atoms. The summed E-state index contributed by atoms with van der Waals surface area (Å²) < 4.78 is 46.0. The maximum absolute atomic E-state index is 13.3. The maximum atomic E-state index is 13.3. The van der Waals surface area contributed by atoms with Crippen molar-refractivity contribution in [1.29, 1.82) is 0 Å². The van der Waals surface area contributed by atoms with Gasteiger partial charge in [-0.25, -0.2) is 4.98 Å². The number of anilines is 2. The average Bonchev–Trinajstić information content (AvgIpc) is 2.92. The summed E-state index contributed by atoms with van der Waals surface area (Å²) in [5.41, 5.74) is -0.943. The van der Waals surface area contributed by atoms with Crippen LogP contribution in [-0.4, -0.2) is 64.8 Å². The number of nitro groups is 1. The summed E-state index contributed by atoms with van der Waals surface area (Å²) >= 11 is 5.48. The van der Waals surface area contributed by atoms with E-state index in [1.54, 1.807) is 6.20 Å². The second-order valence-electron chi connectivity index (χ2n) is 9.78. The highest BCUT2D eigenvalue weighted by Crippen LogP contribution is 2.38. The lowest BCUT2D eigenvalue weighted by Gasteiger charge is -2.37. The van der Waals surface area contributed by atoms with Crippen LogP contribution in [0.5, 0.6) is 5.88 Å². The van der Waals surface area contributed by atoms with Gasteiger partial charge < -0.3 is 25.2 Å². The molecule has 0 unspecified atom stereocenters. The predicted molar refractivity (Wildman–Crippen MR) is 147 cm³/mol. The Labute approximate surface area is 230 Å². The number of nitrogens with zero attached hydrogens (tertiary/aromatic N) is 4. The lowest BCUT2D eigenvalue weighted by atomic mass is 9.92. The van der Waals surface area contributed by atoms with Gasteiger partial charge in [0.2, 0.25) is 5.88 Å². The van der Waals surface area contributed by atoms with E-state index in [-0.39, 0.29) is 17.8 Å². The maximum Gasteiger partial charge on any atom is 0.423 e. The summed E-state index contributed by atoms with van der Waals surface area (Å²) in [5, 5.41) is 18.2. The molecule has 2 heterocycles. The van der Waals surface area contributed by atoms with Crippen LogP contribution < -0.4 is 20.3 Å². The quantitative estimate of drug-likeness (QED) is 0.253. The average molecular weight is 567 g/mol. The highest BCUT2D eigenvalue weighted by Gasteiger charge is 2.38. The Balaban J connectivity index is 1.27. The molecule has 0 atom stereocenters. The molecular formula is C26H33F3N6O3S. The highest BCUT2D eigenvalue weighted by atomic mass is 32.1. The molecule has 13 heteroatoms. The Hall–Kier alpha value is -3.35. The van der Waals surface area contributed by atoms with Crippen molar-refractivity contribution in [3.63, 3.8) is 0 Å². The molecule has 39 heavy (non-hydrogen) atoms. The number of hydrogen-bond donors (Lipinski definition) is 2. The third kappa shape index (κ3) is 7.61. The molecule has 2 aliphatic rings. The first-order valence-electron chi connectivity index (χ1n) is 13.2. The summed E-state index contributed by atoms with van der Waals surface area (Å²) in [6.07, 6.45) is 0.720. The zero-order chi connectivity index (χ0) is 28.0. The standard InChI is InChI=1S/C26H33F3N6O3S/c1-2-10-31-25(39)34-14-12-33(13-15-34)20-9-11-30-24(17-20)38-21-6-3-18(4-7-21)32-19-5-8-23(35(36)37)22(16-19)26(27,28)29/h5,8-9,11,16-18,21,32H,2-4,6-7,10,12-15H2,1H3,(H,31,39). The van der Waals surface area contributed by atoms with E-state index in [4.69, 9.17) is 17.0 Å². The van der Waals surface area contributed by atoms with Crippen LogP contribution in [0.15, 0.2) is 36.5 Å². The molecule has 4 rings (SSSR count). The molecular weight excluding hydrogens is 533 g/mol. The second-order valence-corrected chi connectivity index (χ2v) is 10.2.